The van der Waals surface area contributed by atoms with Crippen molar-refractivity contribution < 1.29 is 0 Å². The molecule has 3 aromatic rings. The summed E-state index contributed by atoms with van der Waals surface area (Å²) in [5, 5.41) is 13.0. The van der Waals surface area contributed by atoms with Crippen LogP contribution >= 0.6 is 47.8 Å². The van der Waals surface area contributed by atoms with Crippen molar-refractivity contribution in [3.05, 3.63) is 91.8 Å². The Balaban J connectivity index is 1.87. The fourth-order valence-electron chi connectivity index (χ4n) is 2.00. The first-order valence-electron chi connectivity index (χ1n) is 7.63. The Hall–Kier alpha value is -1.83. The lowest BCUT2D eigenvalue weighted by Crippen LogP contribution is -2.01. The summed E-state index contributed by atoms with van der Waals surface area (Å²) in [6, 6.07) is 23.1. The first kappa shape index (κ1) is 18.9. The summed E-state index contributed by atoms with van der Waals surface area (Å²) in [7, 11) is 0. The summed E-state index contributed by atoms with van der Waals surface area (Å²) in [4.78, 5) is 0. The van der Waals surface area contributed by atoms with Gasteiger partial charge in [0.1, 0.15) is 0 Å². The molecule has 0 saturated heterocycles. The smallest absolute Gasteiger partial charge is 0.201 e. The summed E-state index contributed by atoms with van der Waals surface area (Å²) in [5.41, 5.74) is 5.50. The van der Waals surface area contributed by atoms with Crippen LogP contribution in [0, 0.1) is 0 Å². The van der Waals surface area contributed by atoms with Crippen LogP contribution in [0.2, 0.25) is 0 Å². The molecule has 3 aromatic carbocycles. The molecule has 0 unspecified atom stereocenters. The topological polar surface area (TPSA) is 49.1 Å². The average molecular weight is 537 g/mol. The number of rotatable bonds is 4. The Morgan fingerprint density at radius 3 is 1.73 bits per heavy atom. The second-order valence-electron chi connectivity index (χ2n) is 5.24. The van der Waals surface area contributed by atoms with Gasteiger partial charge in [-0.25, -0.2) is 0 Å². The van der Waals surface area contributed by atoms with E-state index in [0.29, 0.717) is 5.84 Å². The zero-order valence-corrected chi connectivity index (χ0v) is 18.2. The molecule has 4 nitrogen and oxygen atoms in total. The molecule has 0 spiro atoms. The molecule has 0 heterocycles. The Morgan fingerprint density at radius 2 is 1.15 bits per heavy atom. The van der Waals surface area contributed by atoms with Crippen LogP contribution in [0.3, 0.4) is 0 Å². The number of nitrogens with one attached hydrogen (secondary N) is 1. The van der Waals surface area contributed by atoms with Crippen molar-refractivity contribution in [2.24, 2.45) is 15.3 Å². The van der Waals surface area contributed by atoms with E-state index < -0.39 is 0 Å². The predicted octanol–water partition coefficient (Wildman–Crippen LogP) is 7.53. The van der Waals surface area contributed by atoms with Gasteiger partial charge in [0.25, 0.3) is 0 Å². The van der Waals surface area contributed by atoms with Crippen LogP contribution in [0.5, 0.6) is 0 Å². The summed E-state index contributed by atoms with van der Waals surface area (Å²) in [5.74, 6) is 0.489. The summed E-state index contributed by atoms with van der Waals surface area (Å²) in [6.45, 7) is 0. The average Bonchev–Trinajstić information content (AvgIpc) is 2.65. The van der Waals surface area contributed by atoms with Crippen LogP contribution in [0.4, 0.5) is 11.4 Å². The maximum atomic E-state index is 4.42. The SMILES string of the molecule is Brc1ccc(N=N/C(=N/Nc2ccc(Br)cc2)c2ccc(Br)cc2)cc1. The Bertz CT molecular complexity index is 919. The maximum Gasteiger partial charge on any atom is 0.201 e. The van der Waals surface area contributed by atoms with E-state index in [4.69, 9.17) is 0 Å². The standard InChI is InChI=1S/C19H13Br3N4/c20-14-3-1-13(2-4-14)19(25-23-17-9-5-15(21)6-10-17)26-24-18-11-7-16(22)8-12-18/h1-12,23H/b25-19+,26-24?. The lowest BCUT2D eigenvalue weighted by molar-refractivity contribution is 1.22. The molecule has 3 rings (SSSR count). The molecule has 0 aliphatic rings. The van der Waals surface area contributed by atoms with Gasteiger partial charge in [0.05, 0.1) is 11.4 Å². The molecule has 0 saturated carbocycles. The largest absolute Gasteiger partial charge is 0.276 e. The minimum Gasteiger partial charge on any atom is -0.276 e. The van der Waals surface area contributed by atoms with Gasteiger partial charge in [0.2, 0.25) is 5.84 Å². The zero-order valence-electron chi connectivity index (χ0n) is 13.4. The number of amidine groups is 1. The third-order valence-electron chi connectivity index (χ3n) is 3.32. The van der Waals surface area contributed by atoms with Crippen LogP contribution < -0.4 is 5.43 Å². The van der Waals surface area contributed by atoms with Gasteiger partial charge in [0, 0.05) is 19.0 Å². The first-order valence-corrected chi connectivity index (χ1v) is 10.0. The van der Waals surface area contributed by atoms with Gasteiger partial charge < -0.3 is 0 Å². The fourth-order valence-corrected chi connectivity index (χ4v) is 2.79. The van der Waals surface area contributed by atoms with E-state index in [0.717, 1.165) is 30.4 Å². The molecule has 0 aliphatic heterocycles. The molecule has 0 atom stereocenters. The fraction of sp³-hybridized carbons (Fsp3) is 0. The van der Waals surface area contributed by atoms with Crippen LogP contribution in [0.15, 0.2) is 102 Å². The summed E-state index contributed by atoms with van der Waals surface area (Å²) < 4.78 is 3.00. The van der Waals surface area contributed by atoms with E-state index in [9.17, 15) is 0 Å². The second kappa shape index (κ2) is 9.21. The molecule has 26 heavy (non-hydrogen) atoms. The first-order chi connectivity index (χ1) is 12.6. The van der Waals surface area contributed by atoms with Crippen LogP contribution in [-0.2, 0) is 0 Å². The summed E-state index contributed by atoms with van der Waals surface area (Å²) in [6.07, 6.45) is 0. The minimum absolute atomic E-state index is 0.489. The van der Waals surface area contributed by atoms with Crippen molar-refractivity contribution in [1.82, 2.24) is 0 Å². The molecular formula is C19H13Br3N4. The monoisotopic (exact) mass is 534 g/mol. The lowest BCUT2D eigenvalue weighted by atomic mass is 10.2. The number of azo groups is 1. The molecule has 0 fully saturated rings. The number of nitrogens with zero attached hydrogens (tertiary/aromatic N) is 3. The van der Waals surface area contributed by atoms with E-state index in [2.05, 4.69) is 68.5 Å². The predicted molar refractivity (Wildman–Crippen MR) is 117 cm³/mol. The van der Waals surface area contributed by atoms with Gasteiger partial charge in [-0.15, -0.1) is 10.2 Å². The third kappa shape index (κ3) is 5.59. The lowest BCUT2D eigenvalue weighted by Gasteiger charge is -2.04. The van der Waals surface area contributed by atoms with Crippen LogP contribution in [-0.4, -0.2) is 5.84 Å². The summed E-state index contributed by atoms with van der Waals surface area (Å²) >= 11 is 10.3. The number of hydrogen-bond acceptors (Lipinski definition) is 3. The molecular weight excluding hydrogens is 524 g/mol. The molecule has 1 N–H and O–H groups in total. The van der Waals surface area contributed by atoms with Gasteiger partial charge in [-0.2, -0.15) is 5.10 Å². The second-order valence-corrected chi connectivity index (χ2v) is 7.98. The van der Waals surface area contributed by atoms with Crippen molar-refractivity contribution in [1.29, 1.82) is 0 Å². The molecule has 0 bridgehead atoms. The molecule has 0 aliphatic carbocycles. The van der Waals surface area contributed by atoms with E-state index in [1.165, 1.54) is 0 Å². The van der Waals surface area contributed by atoms with Gasteiger partial charge in [-0.05, 0) is 72.8 Å². The van der Waals surface area contributed by atoms with Gasteiger partial charge >= 0.3 is 0 Å². The molecule has 0 radical (unpaired) electrons. The van der Waals surface area contributed by atoms with Crippen LogP contribution in [0.25, 0.3) is 0 Å². The number of hydrogen-bond donors (Lipinski definition) is 1. The van der Waals surface area contributed by atoms with Crippen molar-refractivity contribution in [2.45, 2.75) is 0 Å². The molecule has 7 heteroatoms. The molecule has 0 amide bonds. The van der Waals surface area contributed by atoms with Gasteiger partial charge in [-0.1, -0.05) is 47.8 Å². The highest BCUT2D eigenvalue weighted by Crippen LogP contribution is 2.19. The number of anilines is 1. The zero-order chi connectivity index (χ0) is 18.4. The highest BCUT2D eigenvalue weighted by molar-refractivity contribution is 9.11. The number of halogens is 3. The highest BCUT2D eigenvalue weighted by atomic mass is 79.9. The quantitative estimate of drug-likeness (QED) is 0.159. The Morgan fingerprint density at radius 1 is 0.654 bits per heavy atom. The molecule has 0 aromatic heterocycles. The van der Waals surface area contributed by atoms with Crippen molar-refractivity contribution >= 4 is 65.0 Å². The maximum absolute atomic E-state index is 4.42. The van der Waals surface area contributed by atoms with E-state index in [1.807, 2.05) is 72.8 Å². The number of benzene rings is 3. The Labute approximate surface area is 176 Å². The van der Waals surface area contributed by atoms with Gasteiger partial charge in [0.15, 0.2) is 0 Å². The van der Waals surface area contributed by atoms with Crippen molar-refractivity contribution in [2.75, 3.05) is 5.43 Å². The van der Waals surface area contributed by atoms with Crippen LogP contribution in [0.1, 0.15) is 5.56 Å². The third-order valence-corrected chi connectivity index (χ3v) is 4.91. The van der Waals surface area contributed by atoms with Crippen molar-refractivity contribution in [3.63, 3.8) is 0 Å². The molecule has 130 valence electrons. The van der Waals surface area contributed by atoms with Crippen molar-refractivity contribution in [3.8, 4) is 0 Å². The Kier molecular flexibility index (Phi) is 6.71. The van der Waals surface area contributed by atoms with E-state index in [1.54, 1.807) is 0 Å². The minimum atomic E-state index is 0.489. The highest BCUT2D eigenvalue weighted by Gasteiger charge is 2.03. The number of hydrazone groups is 1. The van der Waals surface area contributed by atoms with Gasteiger partial charge in [-0.3, -0.25) is 5.43 Å². The van der Waals surface area contributed by atoms with E-state index in [-0.39, 0.29) is 0 Å². The normalized spacial score (nSPS) is 11.7. The van der Waals surface area contributed by atoms with E-state index >= 15 is 0 Å².